The maximum atomic E-state index is 11.6. The first-order chi connectivity index (χ1) is 10.0. The molecule has 1 fully saturated rings. The number of amides is 1. The summed E-state index contributed by atoms with van der Waals surface area (Å²) in [5.74, 6) is 0.769. The summed E-state index contributed by atoms with van der Waals surface area (Å²) in [5, 5.41) is 5.99. The molecule has 1 aliphatic rings. The first-order valence-corrected chi connectivity index (χ1v) is 7.27. The topological polar surface area (TPSA) is 59.6 Å². The molecule has 0 unspecified atom stereocenters. The molecule has 0 bridgehead atoms. The number of nitrogens with one attached hydrogen (secondary N) is 2. The molecule has 1 aliphatic heterocycles. The van der Waals surface area contributed by atoms with Crippen molar-refractivity contribution in [3.8, 4) is 11.5 Å². The summed E-state index contributed by atoms with van der Waals surface area (Å²) in [6.45, 7) is 4.71. The Bertz CT molecular complexity index is 616. The second-order valence-corrected chi connectivity index (χ2v) is 4.98. The van der Waals surface area contributed by atoms with Gasteiger partial charge in [0.25, 0.3) is 5.91 Å². The van der Waals surface area contributed by atoms with E-state index in [1.54, 1.807) is 18.2 Å². The van der Waals surface area contributed by atoms with Gasteiger partial charge in [0, 0.05) is 0 Å². The zero-order chi connectivity index (χ0) is 15.4. The number of carbonyl (C=O) groups excluding carboxylic acids is 1. The van der Waals surface area contributed by atoms with Crippen LogP contribution in [-0.4, -0.2) is 24.2 Å². The highest BCUT2D eigenvalue weighted by Crippen LogP contribution is 2.37. The molecule has 7 heteroatoms. The molecule has 21 heavy (non-hydrogen) atoms. The molecule has 0 aliphatic carbocycles. The van der Waals surface area contributed by atoms with E-state index in [2.05, 4.69) is 10.6 Å². The van der Waals surface area contributed by atoms with Crippen LogP contribution in [0.1, 0.15) is 19.4 Å². The Morgan fingerprint density at radius 3 is 2.52 bits per heavy atom. The van der Waals surface area contributed by atoms with Crippen molar-refractivity contribution in [2.45, 2.75) is 13.8 Å². The van der Waals surface area contributed by atoms with Crippen LogP contribution in [0.2, 0.25) is 5.02 Å². The van der Waals surface area contributed by atoms with Crippen molar-refractivity contribution >= 4 is 40.9 Å². The minimum absolute atomic E-state index is 0.275. The highest BCUT2D eigenvalue weighted by Gasteiger charge is 2.20. The Morgan fingerprint density at radius 1 is 1.24 bits per heavy atom. The Morgan fingerprint density at radius 2 is 1.95 bits per heavy atom. The predicted molar refractivity (Wildman–Crippen MR) is 85.6 cm³/mol. The molecule has 1 heterocycles. The molecule has 1 aromatic rings. The second kappa shape index (κ2) is 6.78. The first-order valence-electron chi connectivity index (χ1n) is 6.48. The average Bonchev–Trinajstić information content (AvgIpc) is 2.72. The maximum Gasteiger partial charge on any atom is 0.273 e. The summed E-state index contributed by atoms with van der Waals surface area (Å²) < 4.78 is 11.0. The summed E-state index contributed by atoms with van der Waals surface area (Å²) in [6, 6.07) is 3.47. The smallest absolute Gasteiger partial charge is 0.273 e. The molecule has 2 rings (SSSR count). The minimum Gasteiger partial charge on any atom is -0.490 e. The van der Waals surface area contributed by atoms with E-state index in [0.29, 0.717) is 41.0 Å². The van der Waals surface area contributed by atoms with Crippen LogP contribution in [0.4, 0.5) is 0 Å². The van der Waals surface area contributed by atoms with Crippen molar-refractivity contribution in [3.63, 3.8) is 0 Å². The largest absolute Gasteiger partial charge is 0.490 e. The van der Waals surface area contributed by atoms with Crippen molar-refractivity contribution < 1.29 is 14.3 Å². The van der Waals surface area contributed by atoms with Crippen LogP contribution in [0.25, 0.3) is 6.08 Å². The fourth-order valence-corrected chi connectivity index (χ4v) is 2.34. The number of carbonyl (C=O) groups is 1. The summed E-state index contributed by atoms with van der Waals surface area (Å²) in [7, 11) is 0. The second-order valence-electron chi connectivity index (χ2n) is 4.16. The SMILES string of the molecule is CCOc1cc(/C=C2/NC(=S)NC2=O)cc(Cl)c1OCC. The van der Waals surface area contributed by atoms with Gasteiger partial charge in [-0.1, -0.05) is 11.6 Å². The highest BCUT2D eigenvalue weighted by atomic mass is 35.5. The van der Waals surface area contributed by atoms with E-state index in [9.17, 15) is 4.79 Å². The van der Waals surface area contributed by atoms with Crippen LogP contribution < -0.4 is 20.1 Å². The standard InChI is InChI=1S/C14H15ClN2O3S/c1-3-19-11-7-8(5-9(15)12(11)20-4-2)6-10-13(18)17-14(21)16-10/h5-7H,3-4H2,1-2H3,(H2,16,17,18,21)/b10-6+. The lowest BCUT2D eigenvalue weighted by atomic mass is 10.1. The van der Waals surface area contributed by atoms with Crippen LogP contribution in [0.15, 0.2) is 17.8 Å². The van der Waals surface area contributed by atoms with Gasteiger partial charge in [0.1, 0.15) is 5.70 Å². The summed E-state index contributed by atoms with van der Waals surface area (Å²) in [4.78, 5) is 11.6. The molecular formula is C14H15ClN2O3S. The van der Waals surface area contributed by atoms with E-state index in [4.69, 9.17) is 33.3 Å². The Hall–Kier alpha value is -1.79. The van der Waals surface area contributed by atoms with Crippen molar-refractivity contribution in [2.75, 3.05) is 13.2 Å². The van der Waals surface area contributed by atoms with Gasteiger partial charge in [-0.3, -0.25) is 10.1 Å². The van der Waals surface area contributed by atoms with E-state index in [0.717, 1.165) is 0 Å². The fraction of sp³-hybridized carbons (Fsp3) is 0.286. The van der Waals surface area contributed by atoms with E-state index < -0.39 is 0 Å². The van der Waals surface area contributed by atoms with E-state index in [1.165, 1.54) is 0 Å². The number of rotatable bonds is 5. The van der Waals surface area contributed by atoms with Gasteiger partial charge in [0.15, 0.2) is 16.6 Å². The molecule has 1 amide bonds. The number of benzene rings is 1. The Kier molecular flexibility index (Phi) is 5.03. The normalized spacial score (nSPS) is 15.9. The quantitative estimate of drug-likeness (QED) is 0.643. The molecule has 0 radical (unpaired) electrons. The van der Waals surface area contributed by atoms with Crippen molar-refractivity contribution in [2.24, 2.45) is 0 Å². The number of hydrogen-bond donors (Lipinski definition) is 2. The fourth-order valence-electron chi connectivity index (χ4n) is 1.87. The monoisotopic (exact) mass is 326 g/mol. The van der Waals surface area contributed by atoms with Crippen molar-refractivity contribution in [3.05, 3.63) is 28.4 Å². The predicted octanol–water partition coefficient (Wildman–Crippen LogP) is 2.48. The van der Waals surface area contributed by atoms with E-state index >= 15 is 0 Å². The van der Waals surface area contributed by atoms with Gasteiger partial charge in [0.05, 0.1) is 18.2 Å². The molecule has 2 N–H and O–H groups in total. The van der Waals surface area contributed by atoms with Crippen LogP contribution >= 0.6 is 23.8 Å². The molecule has 0 saturated carbocycles. The van der Waals surface area contributed by atoms with Crippen LogP contribution in [0.5, 0.6) is 11.5 Å². The Balaban J connectivity index is 2.39. The summed E-state index contributed by atoms with van der Waals surface area (Å²) >= 11 is 11.1. The van der Waals surface area contributed by atoms with Gasteiger partial charge in [-0.25, -0.2) is 0 Å². The number of thiocarbonyl (C=S) groups is 1. The zero-order valence-electron chi connectivity index (χ0n) is 11.7. The van der Waals surface area contributed by atoms with Gasteiger partial charge in [0.2, 0.25) is 0 Å². The van der Waals surface area contributed by atoms with Crippen LogP contribution in [0.3, 0.4) is 0 Å². The molecule has 1 saturated heterocycles. The molecule has 112 valence electrons. The molecule has 0 aromatic heterocycles. The number of halogens is 1. The zero-order valence-corrected chi connectivity index (χ0v) is 13.2. The maximum absolute atomic E-state index is 11.6. The Labute approximate surface area is 133 Å². The third-order valence-corrected chi connectivity index (χ3v) is 3.14. The van der Waals surface area contributed by atoms with Crippen molar-refractivity contribution in [1.82, 2.24) is 10.6 Å². The lowest BCUT2D eigenvalue weighted by Gasteiger charge is -2.13. The molecule has 0 atom stereocenters. The number of hydrogen-bond acceptors (Lipinski definition) is 4. The van der Waals surface area contributed by atoms with Gasteiger partial charge in [-0.2, -0.15) is 0 Å². The van der Waals surface area contributed by atoms with Gasteiger partial charge >= 0.3 is 0 Å². The molecule has 0 spiro atoms. The van der Waals surface area contributed by atoms with E-state index in [1.807, 2.05) is 13.8 Å². The lowest BCUT2D eigenvalue weighted by molar-refractivity contribution is -0.115. The van der Waals surface area contributed by atoms with Gasteiger partial charge < -0.3 is 14.8 Å². The minimum atomic E-state index is -0.275. The molecular weight excluding hydrogens is 312 g/mol. The lowest BCUT2D eigenvalue weighted by Crippen LogP contribution is -2.21. The average molecular weight is 327 g/mol. The van der Waals surface area contributed by atoms with Gasteiger partial charge in [-0.05, 0) is 49.8 Å². The third kappa shape index (κ3) is 3.65. The van der Waals surface area contributed by atoms with Crippen LogP contribution in [-0.2, 0) is 4.79 Å². The van der Waals surface area contributed by atoms with Crippen molar-refractivity contribution in [1.29, 1.82) is 0 Å². The third-order valence-electron chi connectivity index (χ3n) is 2.65. The van der Waals surface area contributed by atoms with Gasteiger partial charge in [-0.15, -0.1) is 0 Å². The summed E-state index contributed by atoms with van der Waals surface area (Å²) in [5.41, 5.74) is 1.08. The highest BCUT2D eigenvalue weighted by molar-refractivity contribution is 7.80. The molecule has 5 nitrogen and oxygen atoms in total. The van der Waals surface area contributed by atoms with E-state index in [-0.39, 0.29) is 11.0 Å². The summed E-state index contributed by atoms with van der Waals surface area (Å²) in [6.07, 6.45) is 1.65. The number of ether oxygens (including phenoxy) is 2. The molecule has 1 aromatic carbocycles. The first kappa shape index (κ1) is 15.6. The van der Waals surface area contributed by atoms with Crippen LogP contribution in [0, 0.1) is 0 Å².